The molecule has 88 heavy (non-hydrogen) atoms. The number of carboxylic acid groups (broad SMARTS) is 1. The number of aliphatic hydroxyl groups is 10. The molecule has 9 aliphatic rings. The number of benzene rings is 2. The van der Waals surface area contributed by atoms with E-state index < -0.39 is 178 Å². The molecule has 13 rings (SSSR count). The van der Waals surface area contributed by atoms with Crippen LogP contribution in [0.25, 0.3) is 22.3 Å². The molecule has 26 heteroatoms. The number of nitrogens with one attached hydrogen (secondary N) is 3. The minimum Gasteiger partial charge on any atom is -0.507 e. The second-order valence-electron chi connectivity index (χ2n) is 24.1. The summed E-state index contributed by atoms with van der Waals surface area (Å²) in [4.78, 5) is 61.0. The molecule has 4 bridgehead atoms. The second kappa shape index (κ2) is 21.6. The summed E-state index contributed by atoms with van der Waals surface area (Å²) in [5.74, 6) is -10.8. The van der Waals surface area contributed by atoms with Gasteiger partial charge in [-0.05, 0) is 79.3 Å². The number of aliphatic carboxylic acids is 1. The third-order valence-electron chi connectivity index (χ3n) is 19.1. The number of phenols is 3. The van der Waals surface area contributed by atoms with Crippen molar-refractivity contribution in [2.45, 2.75) is 142 Å². The monoisotopic (exact) mass is 1220 g/mol. The Balaban J connectivity index is 1.17. The van der Waals surface area contributed by atoms with Crippen molar-refractivity contribution < 1.29 is 109 Å². The third kappa shape index (κ3) is 8.76. The number of esters is 1. The molecule has 2 aromatic heterocycles. The van der Waals surface area contributed by atoms with E-state index in [0.29, 0.717) is 29.8 Å². The van der Waals surface area contributed by atoms with Gasteiger partial charge in [-0.3, -0.25) is 14.9 Å². The van der Waals surface area contributed by atoms with Crippen LogP contribution in [0.2, 0.25) is 0 Å². The summed E-state index contributed by atoms with van der Waals surface area (Å²) in [6.07, 6.45) is -8.32. The summed E-state index contributed by atoms with van der Waals surface area (Å²) in [5.41, 5.74) is -12.5. The molecule has 4 aromatic rings. The molecule has 0 amide bonds. The van der Waals surface area contributed by atoms with Crippen LogP contribution in [0.1, 0.15) is 86.6 Å². The fraction of sp³-hybridized carbons (Fsp3) is 0.484. The van der Waals surface area contributed by atoms with Crippen LogP contribution in [0, 0.1) is 40.9 Å². The number of Topliss-reactive ketones (excluding diaryl/α,β-unsaturated/α-hetero) is 1. The topological polar surface area (TPSA) is 441 Å². The largest absolute Gasteiger partial charge is 0.507 e. The van der Waals surface area contributed by atoms with Gasteiger partial charge in [0.1, 0.15) is 47.0 Å². The van der Waals surface area contributed by atoms with Crippen molar-refractivity contribution in [3.63, 3.8) is 0 Å². The lowest BCUT2D eigenvalue weighted by atomic mass is 9.55. The number of piperidine rings is 1. The predicted molar refractivity (Wildman–Crippen MR) is 300 cm³/mol. The van der Waals surface area contributed by atoms with Crippen LogP contribution < -0.4 is 20.8 Å². The maximum atomic E-state index is 16.6. The number of hydrogen-bond acceptors (Lipinski definition) is 24. The first-order valence-corrected chi connectivity index (χ1v) is 28.8. The Bertz CT molecular complexity index is 3870. The number of carboxylic acids is 1. The summed E-state index contributed by atoms with van der Waals surface area (Å²) >= 11 is 0. The van der Waals surface area contributed by atoms with Gasteiger partial charge in [0.15, 0.2) is 40.5 Å². The SMILES string of the molecule is CC1CCNC2NC=C(C3C=C4Cc5[nH]ccc5C#CC5(CCCC5)C5(O)C(O)C(O)C4(Oc4cc6oc(-c7cc(O)c(O)c(CCO)c7)cc(=O)c6c(O)c43)OC53CC#CC4(C(=O)O)OC(CC(CO)CC(=O)CO)(OC3=O)C(O)C(O)C4(O)O)C=C12. The molecule has 9 heterocycles. The number of dihydropyridines is 1. The highest BCUT2D eigenvalue weighted by atomic mass is 16.8. The first kappa shape index (κ1) is 60.6. The number of phenolic OH excluding ortho intramolecular Hbond substituents is 3. The molecule has 0 radical (unpaired) electrons. The van der Waals surface area contributed by atoms with Gasteiger partial charge in [-0.15, -0.1) is 0 Å². The van der Waals surface area contributed by atoms with Crippen molar-refractivity contribution in [2.24, 2.45) is 17.3 Å². The summed E-state index contributed by atoms with van der Waals surface area (Å²) in [5, 5.41) is 171. The van der Waals surface area contributed by atoms with E-state index >= 15 is 4.79 Å². The number of rotatable bonds is 11. The highest BCUT2D eigenvalue weighted by molar-refractivity contribution is 5.90. The molecule has 3 saturated heterocycles. The first-order valence-electron chi connectivity index (χ1n) is 28.8. The predicted octanol–water partition coefficient (Wildman–Crippen LogP) is -0.849. The van der Waals surface area contributed by atoms with Gasteiger partial charge in [-0.1, -0.05) is 49.7 Å². The molecule has 2 aliphatic carbocycles. The first-order chi connectivity index (χ1) is 41.8. The van der Waals surface area contributed by atoms with Gasteiger partial charge in [0.25, 0.3) is 11.4 Å². The number of H-pyrrole nitrogens is 1. The Morgan fingerprint density at radius 2 is 1.66 bits per heavy atom. The number of aromatic amines is 1. The Morgan fingerprint density at radius 1 is 0.898 bits per heavy atom. The fourth-order valence-electron chi connectivity index (χ4n) is 14.4. The van der Waals surface area contributed by atoms with Crippen molar-refractivity contribution in [1.82, 2.24) is 15.6 Å². The summed E-state index contributed by atoms with van der Waals surface area (Å²) < 4.78 is 32.9. The van der Waals surface area contributed by atoms with Crippen molar-refractivity contribution in [3.8, 4) is 58.0 Å². The van der Waals surface area contributed by atoms with Crippen LogP contribution >= 0.6 is 0 Å². The van der Waals surface area contributed by atoms with Crippen molar-refractivity contribution in [1.29, 1.82) is 0 Å². The van der Waals surface area contributed by atoms with Gasteiger partial charge in [0, 0.05) is 96.4 Å². The number of carbonyl (C=O) groups excluding carboxylic acids is 2. The van der Waals surface area contributed by atoms with Crippen LogP contribution in [0.5, 0.6) is 23.0 Å². The molecule has 13 atom stereocenters. The normalized spacial score (nSPS) is 33.6. The number of aromatic nitrogens is 1. The van der Waals surface area contributed by atoms with Gasteiger partial charge in [0.05, 0.1) is 18.0 Å². The lowest BCUT2D eigenvalue weighted by molar-refractivity contribution is -0.435. The Hall–Kier alpha value is -7.64. The van der Waals surface area contributed by atoms with Crippen LogP contribution in [0.4, 0.5) is 0 Å². The molecule has 2 aromatic carbocycles. The van der Waals surface area contributed by atoms with Crippen LogP contribution in [-0.2, 0) is 41.4 Å². The number of fused-ring (bicyclic) bond motifs is 6. The number of hydrogen-bond donors (Lipinski definition) is 17. The number of ether oxygens (including phenoxy) is 4. The minimum atomic E-state index is -4.12. The maximum absolute atomic E-state index is 16.6. The standard InChI is InChI=1S/C62H65N3O23/c1-29-6-14-64-53-37(29)19-34(26-65-53)38-21-35-22-39-31(7-15-63-39)5-13-56(9-2-3-10-56)61(81)51(76)50(75)60(35,85-44-24-43-46(48(73)45(38)44)40(70)23-42(84-43)33-18-32(8-16-66)47(72)41(71)20-33)88-58(61)12-4-11-57(54(78)79)62(82,83)52(77)49(74)59(87-57,86-55(58)80)25-30(27-67)17-36(69)28-68/h7,15,18-21,23-24,26,29-30,38,49-53,63-68,71-77,81-83H,2-3,6,8-10,12,14,16-17,22,25,27-28H2,1H3,(H,78,79). The van der Waals surface area contributed by atoms with Gasteiger partial charge in [0.2, 0.25) is 17.2 Å². The molecule has 7 aliphatic heterocycles. The number of carbonyl (C=O) groups is 3. The van der Waals surface area contributed by atoms with Crippen molar-refractivity contribution >= 4 is 28.7 Å². The molecule has 3 spiro atoms. The minimum absolute atomic E-state index is 0.0188. The lowest BCUT2D eigenvalue weighted by Crippen LogP contribution is -2.84. The van der Waals surface area contributed by atoms with E-state index in [2.05, 4.69) is 39.3 Å². The zero-order valence-corrected chi connectivity index (χ0v) is 47.1. The summed E-state index contributed by atoms with van der Waals surface area (Å²) in [6, 6.07) is 6.20. The Labute approximate surface area is 499 Å². The molecule has 466 valence electrons. The molecule has 17 N–H and O–H groups in total. The summed E-state index contributed by atoms with van der Waals surface area (Å²) in [7, 11) is 0. The van der Waals surface area contributed by atoms with E-state index in [4.69, 9.17) is 23.4 Å². The van der Waals surface area contributed by atoms with E-state index in [1.165, 1.54) is 12.1 Å². The van der Waals surface area contributed by atoms with Gasteiger partial charge in [-0.2, -0.15) is 0 Å². The van der Waals surface area contributed by atoms with Crippen molar-refractivity contribution in [2.75, 3.05) is 26.4 Å². The molecule has 4 fully saturated rings. The fourth-order valence-corrected chi connectivity index (χ4v) is 14.4. The van der Waals surface area contributed by atoms with E-state index in [-0.39, 0.29) is 72.2 Å². The Morgan fingerprint density at radius 3 is 2.38 bits per heavy atom. The molecule has 26 nitrogen and oxygen atoms in total. The number of aliphatic hydroxyl groups excluding tert-OH is 7. The molecular weight excluding hydrogens is 1150 g/mol. The number of aromatic hydroxyl groups is 3. The van der Waals surface area contributed by atoms with Crippen LogP contribution in [0.15, 0.2) is 80.8 Å². The van der Waals surface area contributed by atoms with Gasteiger partial charge >= 0.3 is 11.9 Å². The zero-order chi connectivity index (χ0) is 62.8. The molecule has 1 saturated carbocycles. The molecular formula is C62H65N3O23. The maximum Gasteiger partial charge on any atom is 0.354 e. The van der Waals surface area contributed by atoms with Crippen molar-refractivity contribution in [3.05, 3.63) is 104 Å². The van der Waals surface area contributed by atoms with E-state index in [9.17, 15) is 85.9 Å². The van der Waals surface area contributed by atoms with E-state index in [1.807, 2.05) is 13.0 Å². The highest BCUT2D eigenvalue weighted by Gasteiger charge is 2.82. The van der Waals surface area contributed by atoms with E-state index in [0.717, 1.165) is 23.8 Å². The van der Waals surface area contributed by atoms with E-state index in [1.54, 1.807) is 18.5 Å². The third-order valence-corrected chi connectivity index (χ3v) is 19.1. The average molecular weight is 1220 g/mol. The smallest absolute Gasteiger partial charge is 0.354 e. The highest BCUT2D eigenvalue weighted by Crippen LogP contribution is 2.63. The summed E-state index contributed by atoms with van der Waals surface area (Å²) in [6.45, 7) is 0.0509. The molecule has 13 unspecified atom stereocenters. The number of ketones is 1. The Kier molecular flexibility index (Phi) is 14.9. The van der Waals surface area contributed by atoms with Gasteiger partial charge in [-0.25, -0.2) is 9.59 Å². The average Bonchev–Trinajstić information content (AvgIpc) is 1.10. The van der Waals surface area contributed by atoms with Crippen LogP contribution in [-0.4, -0.2) is 185 Å². The second-order valence-corrected chi connectivity index (χ2v) is 24.1. The number of allylic oxidation sites excluding steroid dienone is 3. The van der Waals surface area contributed by atoms with Crippen LogP contribution in [0.3, 0.4) is 0 Å². The van der Waals surface area contributed by atoms with Gasteiger partial charge < -0.3 is 105 Å². The lowest BCUT2D eigenvalue weighted by Gasteiger charge is -2.62. The quantitative estimate of drug-likeness (QED) is 0.0286. The zero-order valence-electron chi connectivity index (χ0n) is 47.1.